The molecule has 0 aromatic rings. The highest BCUT2D eigenvalue weighted by Gasteiger charge is 2.51. The van der Waals surface area contributed by atoms with Gasteiger partial charge in [-0.15, -0.1) is 0 Å². The van der Waals surface area contributed by atoms with Crippen LogP contribution in [0, 0.1) is 5.41 Å². The van der Waals surface area contributed by atoms with Crippen LogP contribution in [0.15, 0.2) is 0 Å². The van der Waals surface area contributed by atoms with Gasteiger partial charge in [0.15, 0.2) is 0 Å². The van der Waals surface area contributed by atoms with Gasteiger partial charge in [0.05, 0.1) is 0 Å². The Balaban J connectivity index is 1.59. The van der Waals surface area contributed by atoms with Crippen molar-refractivity contribution < 1.29 is 0 Å². The SMILES string of the molecule is C1CC1N1CC2(CNC2)C1. The maximum Gasteiger partial charge on any atom is 0.0207 e. The van der Waals surface area contributed by atoms with Gasteiger partial charge in [0, 0.05) is 37.6 Å². The molecule has 0 unspecified atom stereocenters. The van der Waals surface area contributed by atoms with Crippen LogP contribution >= 0.6 is 0 Å². The average molecular weight is 138 g/mol. The lowest BCUT2D eigenvalue weighted by molar-refractivity contribution is -0.0445. The van der Waals surface area contributed by atoms with Crippen LogP contribution in [0.25, 0.3) is 0 Å². The van der Waals surface area contributed by atoms with E-state index in [9.17, 15) is 0 Å². The standard InChI is InChI=1S/C8H14N2/c1-2-7(1)10-5-8(6-10)3-9-4-8/h7,9H,1-6H2. The number of hydrogen-bond acceptors (Lipinski definition) is 2. The Morgan fingerprint density at radius 2 is 1.90 bits per heavy atom. The van der Waals surface area contributed by atoms with Gasteiger partial charge in [-0.05, 0) is 12.8 Å². The maximum atomic E-state index is 3.36. The van der Waals surface area contributed by atoms with Gasteiger partial charge >= 0.3 is 0 Å². The molecule has 2 aliphatic heterocycles. The molecule has 2 nitrogen and oxygen atoms in total. The van der Waals surface area contributed by atoms with Crippen LogP contribution in [-0.4, -0.2) is 37.1 Å². The Kier molecular flexibility index (Phi) is 0.868. The van der Waals surface area contributed by atoms with E-state index in [-0.39, 0.29) is 0 Å². The summed E-state index contributed by atoms with van der Waals surface area (Å²) >= 11 is 0. The lowest BCUT2D eigenvalue weighted by Crippen LogP contribution is -2.71. The molecule has 1 aliphatic carbocycles. The number of hydrogen-bond donors (Lipinski definition) is 1. The van der Waals surface area contributed by atoms with Crippen molar-refractivity contribution in [3.63, 3.8) is 0 Å². The normalized spacial score (nSPS) is 37.2. The molecule has 1 spiro atoms. The van der Waals surface area contributed by atoms with Crippen LogP contribution in [0.5, 0.6) is 0 Å². The van der Waals surface area contributed by atoms with Crippen molar-refractivity contribution in [3.05, 3.63) is 0 Å². The lowest BCUT2D eigenvalue weighted by atomic mass is 9.74. The lowest BCUT2D eigenvalue weighted by Gasteiger charge is -2.56. The fourth-order valence-electron chi connectivity index (χ4n) is 2.22. The highest BCUT2D eigenvalue weighted by Crippen LogP contribution is 2.41. The molecular formula is C8H14N2. The molecule has 3 aliphatic rings. The first-order valence-electron chi connectivity index (χ1n) is 4.33. The predicted octanol–water partition coefficient (Wildman–Crippen LogP) is 0.0540. The second-order valence-electron chi connectivity index (χ2n) is 4.24. The Hall–Kier alpha value is -0.0800. The fraction of sp³-hybridized carbons (Fsp3) is 1.00. The molecule has 2 heterocycles. The topological polar surface area (TPSA) is 15.3 Å². The van der Waals surface area contributed by atoms with Crippen molar-refractivity contribution in [2.75, 3.05) is 26.2 Å². The molecule has 3 rings (SSSR count). The van der Waals surface area contributed by atoms with E-state index >= 15 is 0 Å². The Morgan fingerprint density at radius 3 is 2.30 bits per heavy atom. The first kappa shape index (κ1) is 5.56. The molecular weight excluding hydrogens is 124 g/mol. The number of rotatable bonds is 1. The van der Waals surface area contributed by atoms with Gasteiger partial charge < -0.3 is 5.32 Å². The fourth-order valence-corrected chi connectivity index (χ4v) is 2.22. The summed E-state index contributed by atoms with van der Waals surface area (Å²) in [6.45, 7) is 5.36. The average Bonchev–Trinajstić information content (AvgIpc) is 2.38. The predicted molar refractivity (Wildman–Crippen MR) is 39.9 cm³/mol. The summed E-state index contributed by atoms with van der Waals surface area (Å²) in [6, 6.07) is 1.01. The van der Waals surface area contributed by atoms with Crippen LogP contribution in [-0.2, 0) is 0 Å². The van der Waals surface area contributed by atoms with E-state index in [4.69, 9.17) is 0 Å². The zero-order valence-electron chi connectivity index (χ0n) is 6.27. The molecule has 0 amide bonds. The van der Waals surface area contributed by atoms with E-state index in [1.165, 1.54) is 39.0 Å². The van der Waals surface area contributed by atoms with E-state index in [1.807, 2.05) is 0 Å². The van der Waals surface area contributed by atoms with Crippen LogP contribution in [0.3, 0.4) is 0 Å². The molecule has 0 atom stereocenters. The minimum Gasteiger partial charge on any atom is -0.315 e. The van der Waals surface area contributed by atoms with E-state index in [1.54, 1.807) is 0 Å². The third-order valence-electron chi connectivity index (χ3n) is 3.14. The molecule has 2 heteroatoms. The summed E-state index contributed by atoms with van der Waals surface area (Å²) in [6.07, 6.45) is 2.95. The van der Waals surface area contributed by atoms with Crippen LogP contribution in [0.2, 0.25) is 0 Å². The second kappa shape index (κ2) is 1.56. The zero-order valence-corrected chi connectivity index (χ0v) is 6.27. The molecule has 1 saturated carbocycles. The first-order valence-corrected chi connectivity index (χ1v) is 4.33. The van der Waals surface area contributed by atoms with Crippen molar-refractivity contribution >= 4 is 0 Å². The minimum absolute atomic E-state index is 0.753. The highest BCUT2D eigenvalue weighted by atomic mass is 15.3. The molecule has 2 saturated heterocycles. The molecule has 10 heavy (non-hydrogen) atoms. The van der Waals surface area contributed by atoms with Gasteiger partial charge in [-0.25, -0.2) is 0 Å². The number of nitrogens with zero attached hydrogens (tertiary/aromatic N) is 1. The minimum atomic E-state index is 0.753. The second-order valence-corrected chi connectivity index (χ2v) is 4.24. The quantitative estimate of drug-likeness (QED) is 0.551. The Bertz CT molecular complexity index is 151. The Labute approximate surface area is 61.6 Å². The molecule has 1 N–H and O–H groups in total. The summed E-state index contributed by atoms with van der Waals surface area (Å²) in [5.41, 5.74) is 0.753. The summed E-state index contributed by atoms with van der Waals surface area (Å²) in [4.78, 5) is 2.65. The third-order valence-corrected chi connectivity index (χ3v) is 3.14. The molecule has 3 fully saturated rings. The highest BCUT2D eigenvalue weighted by molar-refractivity contribution is 5.07. The largest absolute Gasteiger partial charge is 0.315 e. The molecule has 0 bridgehead atoms. The third kappa shape index (κ3) is 0.611. The van der Waals surface area contributed by atoms with Crippen molar-refractivity contribution in [3.8, 4) is 0 Å². The van der Waals surface area contributed by atoms with E-state index in [0.29, 0.717) is 0 Å². The molecule has 56 valence electrons. The van der Waals surface area contributed by atoms with E-state index in [0.717, 1.165) is 11.5 Å². The van der Waals surface area contributed by atoms with Gasteiger partial charge in [-0.2, -0.15) is 0 Å². The zero-order chi connectivity index (χ0) is 6.60. The number of nitrogens with one attached hydrogen (secondary N) is 1. The summed E-state index contributed by atoms with van der Waals surface area (Å²) in [5.74, 6) is 0. The smallest absolute Gasteiger partial charge is 0.0207 e. The van der Waals surface area contributed by atoms with Gasteiger partial charge in [0.1, 0.15) is 0 Å². The van der Waals surface area contributed by atoms with Crippen molar-refractivity contribution in [2.24, 2.45) is 5.41 Å². The molecule has 0 aromatic carbocycles. The van der Waals surface area contributed by atoms with Crippen LogP contribution in [0.4, 0.5) is 0 Å². The summed E-state index contributed by atoms with van der Waals surface area (Å²) in [7, 11) is 0. The van der Waals surface area contributed by atoms with Gasteiger partial charge in [0.2, 0.25) is 0 Å². The Morgan fingerprint density at radius 1 is 1.20 bits per heavy atom. The van der Waals surface area contributed by atoms with Crippen molar-refractivity contribution in [1.29, 1.82) is 0 Å². The first-order chi connectivity index (χ1) is 4.88. The monoisotopic (exact) mass is 138 g/mol. The van der Waals surface area contributed by atoms with Crippen molar-refractivity contribution in [2.45, 2.75) is 18.9 Å². The maximum absolute atomic E-state index is 3.36. The summed E-state index contributed by atoms with van der Waals surface area (Å²) < 4.78 is 0. The van der Waals surface area contributed by atoms with Crippen LogP contribution in [0.1, 0.15) is 12.8 Å². The van der Waals surface area contributed by atoms with E-state index < -0.39 is 0 Å². The van der Waals surface area contributed by atoms with Gasteiger partial charge in [-0.3, -0.25) is 4.90 Å². The van der Waals surface area contributed by atoms with E-state index in [2.05, 4.69) is 10.2 Å². The molecule has 0 aromatic heterocycles. The molecule has 0 radical (unpaired) electrons. The van der Waals surface area contributed by atoms with Crippen molar-refractivity contribution in [1.82, 2.24) is 10.2 Å². The van der Waals surface area contributed by atoms with Gasteiger partial charge in [-0.1, -0.05) is 0 Å². The van der Waals surface area contributed by atoms with Crippen LogP contribution < -0.4 is 5.32 Å². The number of likely N-dealkylation sites (tertiary alicyclic amines) is 1. The summed E-state index contributed by atoms with van der Waals surface area (Å²) in [5, 5.41) is 3.36. The van der Waals surface area contributed by atoms with Gasteiger partial charge in [0.25, 0.3) is 0 Å².